The van der Waals surface area contributed by atoms with Gasteiger partial charge in [-0.25, -0.2) is 15.0 Å². The minimum atomic E-state index is -1.07. The van der Waals surface area contributed by atoms with Crippen molar-refractivity contribution in [2.24, 2.45) is 0 Å². The summed E-state index contributed by atoms with van der Waals surface area (Å²) in [6.45, 7) is 3.00. The zero-order chi connectivity index (χ0) is 21.5. The first-order valence-electron chi connectivity index (χ1n) is 10.4. The minimum absolute atomic E-state index is 0.170. The van der Waals surface area contributed by atoms with Crippen LogP contribution in [0.15, 0.2) is 36.9 Å². The third-order valence-electron chi connectivity index (χ3n) is 5.89. The maximum absolute atomic E-state index is 11.9. The van der Waals surface area contributed by atoms with Crippen LogP contribution in [0.1, 0.15) is 31.6 Å². The first kappa shape index (κ1) is 19.9. The number of aromatic nitrogens is 4. The van der Waals surface area contributed by atoms with Crippen LogP contribution in [-0.2, 0) is 16.1 Å². The third-order valence-corrected chi connectivity index (χ3v) is 5.89. The van der Waals surface area contributed by atoms with Crippen LogP contribution in [0.2, 0.25) is 0 Å². The van der Waals surface area contributed by atoms with Gasteiger partial charge in [-0.05, 0) is 31.0 Å². The van der Waals surface area contributed by atoms with Crippen LogP contribution in [0.5, 0.6) is 0 Å². The number of hydrogen-bond acceptors (Lipinski definition) is 8. The van der Waals surface area contributed by atoms with E-state index in [2.05, 4.69) is 20.3 Å². The van der Waals surface area contributed by atoms with Gasteiger partial charge in [0.05, 0.1) is 12.4 Å². The molecule has 0 bridgehead atoms. The predicted octanol–water partition coefficient (Wildman–Crippen LogP) is 1.20. The Hall–Kier alpha value is -3.08. The predicted molar refractivity (Wildman–Crippen MR) is 112 cm³/mol. The first-order chi connectivity index (χ1) is 15.0. The van der Waals surface area contributed by atoms with E-state index in [1.807, 2.05) is 29.2 Å². The molecule has 162 valence electrons. The zero-order valence-electron chi connectivity index (χ0n) is 17.0. The lowest BCUT2D eigenvalue weighted by molar-refractivity contribution is -0.117. The Balaban J connectivity index is 1.32. The molecule has 2 aliphatic heterocycles. The van der Waals surface area contributed by atoms with Crippen LogP contribution in [0, 0.1) is 0 Å². The highest BCUT2D eigenvalue weighted by Crippen LogP contribution is 2.32. The number of amides is 1. The summed E-state index contributed by atoms with van der Waals surface area (Å²) in [6.07, 6.45) is 1.17. The number of hydrogen-bond donors (Lipinski definition) is 3. The number of carbonyl (C=O) groups excluding carboxylic acids is 1. The maximum Gasteiger partial charge on any atom is 0.227 e. The van der Waals surface area contributed by atoms with Gasteiger partial charge < -0.3 is 25.2 Å². The van der Waals surface area contributed by atoms with Gasteiger partial charge in [-0.3, -0.25) is 9.36 Å². The quantitative estimate of drug-likeness (QED) is 0.558. The summed E-state index contributed by atoms with van der Waals surface area (Å²) in [5, 5.41) is 23.6. The fraction of sp³-hybridized carbons (Fsp3) is 0.429. The Bertz CT molecular complexity index is 1100. The van der Waals surface area contributed by atoms with Crippen LogP contribution in [0.4, 0.5) is 11.5 Å². The van der Waals surface area contributed by atoms with Gasteiger partial charge in [0.25, 0.3) is 0 Å². The van der Waals surface area contributed by atoms with Gasteiger partial charge in [0.2, 0.25) is 5.91 Å². The van der Waals surface area contributed by atoms with Gasteiger partial charge in [-0.2, -0.15) is 0 Å². The number of aliphatic hydroxyl groups excluding tert-OH is 2. The number of anilines is 2. The summed E-state index contributed by atoms with van der Waals surface area (Å²) in [7, 11) is 0. The van der Waals surface area contributed by atoms with E-state index < -0.39 is 24.5 Å². The molecule has 1 amide bonds. The number of benzene rings is 1. The molecular weight excluding hydrogens is 400 g/mol. The molecule has 2 aliphatic rings. The molecule has 0 aliphatic carbocycles. The minimum Gasteiger partial charge on any atom is -0.388 e. The van der Waals surface area contributed by atoms with Crippen molar-refractivity contribution in [1.82, 2.24) is 19.5 Å². The molecule has 31 heavy (non-hydrogen) atoms. The second-order valence-corrected chi connectivity index (χ2v) is 7.93. The van der Waals surface area contributed by atoms with E-state index in [4.69, 9.17) is 4.74 Å². The molecule has 10 nitrogen and oxygen atoms in total. The van der Waals surface area contributed by atoms with Gasteiger partial charge in [-0.1, -0.05) is 12.1 Å². The number of imidazole rings is 1. The highest BCUT2D eigenvalue weighted by Gasteiger charge is 2.42. The third kappa shape index (κ3) is 3.52. The highest BCUT2D eigenvalue weighted by atomic mass is 16.6. The summed E-state index contributed by atoms with van der Waals surface area (Å²) in [5.74, 6) is 0.728. The van der Waals surface area contributed by atoms with E-state index in [1.165, 1.54) is 12.7 Å². The average molecular weight is 424 g/mol. The van der Waals surface area contributed by atoms with Gasteiger partial charge in [-0.15, -0.1) is 0 Å². The number of ether oxygens (including phenoxy) is 1. The molecule has 0 unspecified atom stereocenters. The van der Waals surface area contributed by atoms with Crippen LogP contribution < -0.4 is 10.2 Å². The smallest absolute Gasteiger partial charge is 0.227 e. The standard InChI is InChI=1S/C21H24N6O4/c1-12-17(29)18(30)21(31-12)27-11-25-16-19(23-10-24-20(16)27)22-9-13-4-6-14(7-5-13)26-8-2-3-15(26)28/h4-7,10-12,17-18,21,29-30H,2-3,8-9H2,1H3,(H,22,23,24)/t12-,17-,18-,21-/m1/s1. The fourth-order valence-corrected chi connectivity index (χ4v) is 4.13. The van der Waals surface area contributed by atoms with Crippen molar-refractivity contribution < 1.29 is 19.7 Å². The number of rotatable bonds is 5. The summed E-state index contributed by atoms with van der Waals surface area (Å²) in [5.41, 5.74) is 3.01. The number of nitrogens with one attached hydrogen (secondary N) is 1. The lowest BCUT2D eigenvalue weighted by Crippen LogP contribution is -2.30. The molecule has 4 atom stereocenters. The van der Waals surface area contributed by atoms with E-state index in [0.29, 0.717) is 29.9 Å². The van der Waals surface area contributed by atoms with Crippen molar-refractivity contribution in [3.63, 3.8) is 0 Å². The van der Waals surface area contributed by atoms with Crippen molar-refractivity contribution in [3.8, 4) is 0 Å². The van der Waals surface area contributed by atoms with Crippen LogP contribution >= 0.6 is 0 Å². The topological polar surface area (TPSA) is 126 Å². The zero-order valence-corrected chi connectivity index (χ0v) is 17.0. The Kier molecular flexibility index (Phi) is 5.05. The van der Waals surface area contributed by atoms with Crippen LogP contribution in [-0.4, -0.2) is 60.5 Å². The second kappa shape index (κ2) is 7.88. The summed E-state index contributed by atoms with van der Waals surface area (Å²) >= 11 is 0. The first-order valence-corrected chi connectivity index (χ1v) is 10.4. The fourth-order valence-electron chi connectivity index (χ4n) is 4.13. The van der Waals surface area contributed by atoms with Crippen LogP contribution in [0.25, 0.3) is 11.2 Å². The van der Waals surface area contributed by atoms with E-state index in [-0.39, 0.29) is 5.91 Å². The SMILES string of the molecule is C[C@H]1O[C@@H](n2cnc3c(NCc4ccc(N5CCCC5=O)cc4)ncnc32)[C@H](O)[C@@H]1O. The normalized spacial score (nSPS) is 26.2. The van der Waals surface area contributed by atoms with Gasteiger partial charge >= 0.3 is 0 Å². The Labute approximate surface area is 178 Å². The van der Waals surface area contributed by atoms with E-state index in [1.54, 1.807) is 11.5 Å². The summed E-state index contributed by atoms with van der Waals surface area (Å²) < 4.78 is 7.30. The molecule has 1 aromatic carbocycles. The van der Waals surface area contributed by atoms with E-state index in [0.717, 1.165) is 24.2 Å². The van der Waals surface area contributed by atoms with Crippen molar-refractivity contribution in [2.75, 3.05) is 16.8 Å². The monoisotopic (exact) mass is 424 g/mol. The summed E-state index contributed by atoms with van der Waals surface area (Å²) in [6, 6.07) is 7.87. The number of fused-ring (bicyclic) bond motifs is 1. The number of aliphatic hydroxyl groups is 2. The molecule has 2 fully saturated rings. The molecule has 0 saturated carbocycles. The van der Waals surface area contributed by atoms with Crippen molar-refractivity contribution in [1.29, 1.82) is 0 Å². The second-order valence-electron chi connectivity index (χ2n) is 7.93. The Morgan fingerprint density at radius 3 is 2.65 bits per heavy atom. The average Bonchev–Trinajstić information content (AvgIpc) is 3.47. The van der Waals surface area contributed by atoms with E-state index >= 15 is 0 Å². The van der Waals surface area contributed by atoms with Gasteiger partial charge in [0.1, 0.15) is 18.5 Å². The van der Waals surface area contributed by atoms with Gasteiger partial charge in [0.15, 0.2) is 23.2 Å². The molecule has 0 spiro atoms. The molecule has 0 radical (unpaired) electrons. The maximum atomic E-state index is 11.9. The highest BCUT2D eigenvalue weighted by molar-refractivity contribution is 5.95. The largest absolute Gasteiger partial charge is 0.388 e. The number of nitrogens with zero attached hydrogens (tertiary/aromatic N) is 5. The van der Waals surface area contributed by atoms with Crippen molar-refractivity contribution >= 4 is 28.6 Å². The van der Waals surface area contributed by atoms with Crippen LogP contribution in [0.3, 0.4) is 0 Å². The lowest BCUT2D eigenvalue weighted by atomic mass is 10.1. The molecule has 3 N–H and O–H groups in total. The molecule has 2 aromatic heterocycles. The lowest BCUT2D eigenvalue weighted by Gasteiger charge is -2.16. The van der Waals surface area contributed by atoms with Crippen molar-refractivity contribution in [2.45, 2.75) is 50.8 Å². The molecule has 5 rings (SSSR count). The number of carbonyl (C=O) groups is 1. The molecule has 3 aromatic rings. The summed E-state index contributed by atoms with van der Waals surface area (Å²) in [4.78, 5) is 26.7. The Morgan fingerprint density at radius 2 is 1.97 bits per heavy atom. The molecule has 2 saturated heterocycles. The van der Waals surface area contributed by atoms with E-state index in [9.17, 15) is 15.0 Å². The molecular formula is C21H24N6O4. The molecule has 4 heterocycles. The van der Waals surface area contributed by atoms with Gasteiger partial charge in [0, 0.05) is 25.2 Å². The molecule has 10 heteroatoms. The van der Waals surface area contributed by atoms with Crippen molar-refractivity contribution in [3.05, 3.63) is 42.5 Å². The Morgan fingerprint density at radius 1 is 1.16 bits per heavy atom.